The van der Waals surface area contributed by atoms with E-state index in [1.165, 1.54) is 23.5 Å². The normalized spacial score (nSPS) is 14.2. The third-order valence-corrected chi connectivity index (χ3v) is 5.83. The Morgan fingerprint density at radius 1 is 1.10 bits per heavy atom. The van der Waals surface area contributed by atoms with Crippen LogP contribution in [0.15, 0.2) is 53.9 Å². The highest BCUT2D eigenvalue weighted by Gasteiger charge is 2.30. The molecule has 0 unspecified atom stereocenters. The number of carbonyl (C=O) groups is 2. The van der Waals surface area contributed by atoms with Crippen molar-refractivity contribution in [3.8, 4) is 10.6 Å². The van der Waals surface area contributed by atoms with E-state index in [0.717, 1.165) is 24.2 Å². The third kappa shape index (κ3) is 4.93. The number of anilines is 2. The number of amides is 2. The van der Waals surface area contributed by atoms with Crippen LogP contribution in [0.4, 0.5) is 24.5 Å². The lowest BCUT2D eigenvalue weighted by atomic mass is 10.1. The maximum absolute atomic E-state index is 12.7. The average molecular weight is 445 g/mol. The van der Waals surface area contributed by atoms with E-state index in [0.29, 0.717) is 34.9 Å². The summed E-state index contributed by atoms with van der Waals surface area (Å²) in [6.45, 7) is 0.704. The summed E-state index contributed by atoms with van der Waals surface area (Å²) >= 11 is 1.27. The number of nitrogens with zero attached hydrogens (tertiary/aromatic N) is 2. The molecule has 5 nitrogen and oxygen atoms in total. The van der Waals surface area contributed by atoms with Gasteiger partial charge in [-0.05, 0) is 42.8 Å². The monoisotopic (exact) mass is 445 g/mol. The van der Waals surface area contributed by atoms with Crippen LogP contribution < -0.4 is 10.2 Å². The summed E-state index contributed by atoms with van der Waals surface area (Å²) in [4.78, 5) is 30.2. The number of benzene rings is 2. The van der Waals surface area contributed by atoms with Crippen LogP contribution in [0.1, 0.15) is 24.1 Å². The maximum Gasteiger partial charge on any atom is 0.416 e. The molecule has 9 heteroatoms. The lowest BCUT2D eigenvalue weighted by molar-refractivity contribution is -0.137. The summed E-state index contributed by atoms with van der Waals surface area (Å²) in [6.07, 6.45) is -2.93. The molecule has 0 bridgehead atoms. The van der Waals surface area contributed by atoms with Gasteiger partial charge in [0.2, 0.25) is 11.8 Å². The van der Waals surface area contributed by atoms with E-state index < -0.39 is 11.7 Å². The van der Waals surface area contributed by atoms with Gasteiger partial charge in [-0.15, -0.1) is 11.3 Å². The number of hydrogen-bond donors (Lipinski definition) is 1. The van der Waals surface area contributed by atoms with Gasteiger partial charge in [0, 0.05) is 35.3 Å². The predicted octanol–water partition coefficient (Wildman–Crippen LogP) is 5.14. The summed E-state index contributed by atoms with van der Waals surface area (Å²) in [7, 11) is 0. The van der Waals surface area contributed by atoms with E-state index in [1.54, 1.807) is 34.5 Å². The first-order valence-electron chi connectivity index (χ1n) is 9.62. The number of rotatable bonds is 5. The largest absolute Gasteiger partial charge is 0.416 e. The number of hydrogen-bond acceptors (Lipinski definition) is 4. The molecule has 0 atom stereocenters. The minimum absolute atomic E-state index is 0.0451. The molecule has 4 rings (SSSR count). The molecule has 1 N–H and O–H groups in total. The highest BCUT2D eigenvalue weighted by atomic mass is 32.1. The van der Waals surface area contributed by atoms with Gasteiger partial charge in [-0.1, -0.05) is 12.1 Å². The Morgan fingerprint density at radius 2 is 1.81 bits per heavy atom. The standard InChI is InChI=1S/C22H18F3N3O2S/c23-22(24,25)15-5-3-14(4-6-15)21-27-17(13-31-21)12-19(29)26-16-7-9-18(10-8-16)28-11-1-2-20(28)30/h3-10,13H,1-2,11-12H2,(H,26,29). The van der Waals surface area contributed by atoms with Crippen LogP contribution in [-0.2, 0) is 22.2 Å². The molecule has 0 saturated carbocycles. The van der Waals surface area contributed by atoms with Crippen molar-refractivity contribution in [2.75, 3.05) is 16.8 Å². The summed E-state index contributed by atoms with van der Waals surface area (Å²) in [5.41, 5.74) is 1.81. The van der Waals surface area contributed by atoms with Crippen molar-refractivity contribution >= 4 is 34.5 Å². The second kappa shape index (κ2) is 8.50. The molecular formula is C22H18F3N3O2S. The number of carbonyl (C=O) groups excluding carboxylic acids is 2. The summed E-state index contributed by atoms with van der Waals surface area (Å²) < 4.78 is 38.1. The molecule has 1 aromatic heterocycles. The Kier molecular flexibility index (Phi) is 5.77. The second-order valence-corrected chi connectivity index (χ2v) is 8.00. The molecule has 0 radical (unpaired) electrons. The van der Waals surface area contributed by atoms with Crippen molar-refractivity contribution < 1.29 is 22.8 Å². The van der Waals surface area contributed by atoms with E-state index in [2.05, 4.69) is 10.3 Å². The van der Waals surface area contributed by atoms with E-state index in [9.17, 15) is 22.8 Å². The lowest BCUT2D eigenvalue weighted by Gasteiger charge is -2.16. The second-order valence-electron chi connectivity index (χ2n) is 7.14. The highest BCUT2D eigenvalue weighted by Crippen LogP contribution is 2.32. The van der Waals surface area contributed by atoms with Crippen molar-refractivity contribution in [3.63, 3.8) is 0 Å². The van der Waals surface area contributed by atoms with Crippen LogP contribution in [0.3, 0.4) is 0 Å². The number of halogens is 3. The predicted molar refractivity (Wildman–Crippen MR) is 113 cm³/mol. The zero-order valence-electron chi connectivity index (χ0n) is 16.3. The lowest BCUT2D eigenvalue weighted by Crippen LogP contribution is -2.23. The zero-order chi connectivity index (χ0) is 22.0. The molecule has 0 spiro atoms. The van der Waals surface area contributed by atoms with Gasteiger partial charge in [0.15, 0.2) is 0 Å². The van der Waals surface area contributed by atoms with Crippen molar-refractivity contribution in [2.45, 2.75) is 25.4 Å². The van der Waals surface area contributed by atoms with Gasteiger partial charge in [-0.3, -0.25) is 9.59 Å². The van der Waals surface area contributed by atoms with Gasteiger partial charge in [-0.25, -0.2) is 4.98 Å². The summed E-state index contributed by atoms with van der Waals surface area (Å²) in [5, 5.41) is 5.06. The van der Waals surface area contributed by atoms with E-state index >= 15 is 0 Å². The molecule has 1 saturated heterocycles. The quantitative estimate of drug-likeness (QED) is 0.592. The highest BCUT2D eigenvalue weighted by molar-refractivity contribution is 7.13. The Bertz CT molecular complexity index is 1090. The first kappa shape index (κ1) is 21.0. The van der Waals surface area contributed by atoms with Crippen LogP contribution in [-0.4, -0.2) is 23.3 Å². The maximum atomic E-state index is 12.7. The van der Waals surface area contributed by atoms with Gasteiger partial charge in [0.25, 0.3) is 0 Å². The fraction of sp³-hybridized carbons (Fsp3) is 0.227. The molecule has 3 aromatic rings. The van der Waals surface area contributed by atoms with Crippen molar-refractivity contribution in [2.24, 2.45) is 0 Å². The molecule has 0 aliphatic carbocycles. The van der Waals surface area contributed by atoms with Gasteiger partial charge in [0.05, 0.1) is 17.7 Å². The fourth-order valence-corrected chi connectivity index (χ4v) is 4.16. The van der Waals surface area contributed by atoms with Crippen molar-refractivity contribution in [3.05, 3.63) is 65.2 Å². The Balaban J connectivity index is 1.36. The third-order valence-electron chi connectivity index (χ3n) is 4.89. The van der Waals surface area contributed by atoms with Crippen LogP contribution in [0.5, 0.6) is 0 Å². The van der Waals surface area contributed by atoms with E-state index in [-0.39, 0.29) is 18.2 Å². The van der Waals surface area contributed by atoms with Gasteiger partial charge in [-0.2, -0.15) is 13.2 Å². The fourth-order valence-electron chi connectivity index (χ4n) is 3.34. The summed E-state index contributed by atoms with van der Waals surface area (Å²) in [6, 6.07) is 11.9. The van der Waals surface area contributed by atoms with Crippen LogP contribution in [0.2, 0.25) is 0 Å². The van der Waals surface area contributed by atoms with Crippen molar-refractivity contribution in [1.29, 1.82) is 0 Å². The molecule has 1 aliphatic heterocycles. The first-order chi connectivity index (χ1) is 14.8. The van der Waals surface area contributed by atoms with Gasteiger partial charge in [0.1, 0.15) is 5.01 Å². The number of alkyl halides is 3. The van der Waals surface area contributed by atoms with Crippen molar-refractivity contribution in [1.82, 2.24) is 4.98 Å². The minimum atomic E-state index is -4.38. The smallest absolute Gasteiger partial charge is 0.326 e. The van der Waals surface area contributed by atoms with Crippen LogP contribution >= 0.6 is 11.3 Å². The molecule has 160 valence electrons. The molecule has 2 heterocycles. The average Bonchev–Trinajstić information content (AvgIpc) is 3.37. The number of aromatic nitrogens is 1. The number of thiazole rings is 1. The first-order valence-corrected chi connectivity index (χ1v) is 10.5. The van der Waals surface area contributed by atoms with Gasteiger partial charge < -0.3 is 10.2 Å². The number of nitrogens with one attached hydrogen (secondary N) is 1. The van der Waals surface area contributed by atoms with E-state index in [4.69, 9.17) is 0 Å². The Labute approximate surface area is 180 Å². The topological polar surface area (TPSA) is 62.3 Å². The Hall–Kier alpha value is -3.20. The van der Waals surface area contributed by atoms with Gasteiger partial charge >= 0.3 is 6.18 Å². The Morgan fingerprint density at radius 3 is 2.42 bits per heavy atom. The minimum Gasteiger partial charge on any atom is -0.326 e. The molecular weight excluding hydrogens is 427 g/mol. The van der Waals surface area contributed by atoms with Crippen LogP contribution in [0, 0.1) is 0 Å². The molecule has 1 fully saturated rings. The molecule has 2 amide bonds. The zero-order valence-corrected chi connectivity index (χ0v) is 17.1. The summed E-state index contributed by atoms with van der Waals surface area (Å²) in [5.74, 6) is -0.154. The SMILES string of the molecule is O=C(Cc1csc(-c2ccc(C(F)(F)F)cc2)n1)Nc1ccc(N2CCCC2=O)cc1. The molecule has 1 aliphatic rings. The molecule has 31 heavy (non-hydrogen) atoms. The van der Waals surface area contributed by atoms with E-state index in [1.807, 2.05) is 0 Å². The molecule has 2 aromatic carbocycles. The van der Waals surface area contributed by atoms with Crippen LogP contribution in [0.25, 0.3) is 10.6 Å².